The smallest absolute Gasteiger partial charge is 0.128 e. The maximum absolute atomic E-state index is 5.73. The fraction of sp³-hybridized carbons (Fsp3) is 0.624. The highest BCUT2D eigenvalue weighted by molar-refractivity contribution is 5.46. The second-order valence-electron chi connectivity index (χ2n) is 34.2. The number of pyridine rings is 7. The lowest BCUT2D eigenvalue weighted by molar-refractivity contribution is -0.00546. The summed E-state index contributed by atoms with van der Waals surface area (Å²) in [5, 5.41) is 3.34. The number of nitrogens with one attached hydrogen (secondary N) is 1. The van der Waals surface area contributed by atoms with Gasteiger partial charge in [0.05, 0.1) is 24.9 Å². The first kappa shape index (κ1) is 88.4. The highest BCUT2D eigenvalue weighted by Crippen LogP contribution is 2.29. The van der Waals surface area contributed by atoms with Gasteiger partial charge in [-0.25, -0.2) is 34.9 Å². The summed E-state index contributed by atoms with van der Waals surface area (Å²) in [5.41, 5.74) is 9.21. The van der Waals surface area contributed by atoms with Crippen LogP contribution in [-0.4, -0.2) is 213 Å². The van der Waals surface area contributed by atoms with Gasteiger partial charge in [0.1, 0.15) is 40.7 Å². The third kappa shape index (κ3) is 27.9. The predicted octanol–water partition coefficient (Wildman–Crippen LogP) is 17.7. The molecule has 1 N–H and O–H groups in total. The lowest BCUT2D eigenvalue weighted by Gasteiger charge is -2.38. The Labute approximate surface area is 677 Å². The van der Waals surface area contributed by atoms with Crippen LogP contribution < -0.4 is 39.6 Å². The molecule has 7 aromatic heterocycles. The first-order chi connectivity index (χ1) is 54.0. The summed E-state index contributed by atoms with van der Waals surface area (Å²) in [6, 6.07) is 31.2. The van der Waals surface area contributed by atoms with Crippen molar-refractivity contribution in [3.8, 4) is 0 Å². The Morgan fingerprint density at radius 1 is 0.312 bits per heavy atom. The molecule has 8 fully saturated rings. The number of anilines is 7. The molecule has 0 spiro atoms. The monoisotopic (exact) mass is 1530 g/mol. The zero-order valence-corrected chi connectivity index (χ0v) is 72.5. The van der Waals surface area contributed by atoms with E-state index < -0.39 is 0 Å². The average molecular weight is 1530 g/mol. The molecule has 15 heterocycles. The number of fused-ring (bicyclic) bond motifs is 1. The van der Waals surface area contributed by atoms with Crippen LogP contribution in [0.25, 0.3) is 0 Å². The van der Waals surface area contributed by atoms with Crippen LogP contribution in [0.2, 0.25) is 0 Å². The van der Waals surface area contributed by atoms with E-state index in [1.54, 1.807) is 0 Å². The SMILES string of the molecule is CC(C)c1ccc(N2CCCC2)nc1.CC(C)c1ccc(N2CCCCC2)nc1.CC(C)c1ccc(N2CCN3CCCC3C2)nc1.CC(C)c1ccc(N2CCNCC2)nc1.CC(C)c1ccc(N2CCO[C@H](C)C2)nc1.CC(C)c1ccc(N2C[C@@H](C)O[C@@H](C)C2)nc1.CCN1CCN(c2ccc(C(C)C)cn2)CC1. The van der Waals surface area contributed by atoms with Crippen molar-refractivity contribution in [2.75, 3.05) is 178 Å². The molecule has 0 aliphatic carbocycles. The van der Waals surface area contributed by atoms with E-state index in [4.69, 9.17) is 9.47 Å². The van der Waals surface area contributed by atoms with Crippen molar-refractivity contribution in [3.63, 3.8) is 0 Å². The minimum absolute atomic E-state index is 0.283. The van der Waals surface area contributed by atoms with Crippen LogP contribution in [0.15, 0.2) is 128 Å². The number of piperidine rings is 1. The molecule has 1 unspecified atom stereocenters. The summed E-state index contributed by atoms with van der Waals surface area (Å²) in [5.74, 6) is 11.8. The number of ether oxygens (including phenoxy) is 2. The zero-order valence-electron chi connectivity index (χ0n) is 72.5. The molecule has 4 atom stereocenters. The average Bonchev–Trinajstić information content (AvgIpc) is 1.63. The zero-order chi connectivity index (χ0) is 80.1. The van der Waals surface area contributed by atoms with Crippen molar-refractivity contribution in [2.45, 2.75) is 235 Å². The Morgan fingerprint density at radius 2 is 0.616 bits per heavy atom. The molecule has 19 nitrogen and oxygen atoms in total. The van der Waals surface area contributed by atoms with Gasteiger partial charge in [-0.1, -0.05) is 146 Å². The van der Waals surface area contributed by atoms with E-state index in [0.29, 0.717) is 47.5 Å². The minimum atomic E-state index is 0.283. The summed E-state index contributed by atoms with van der Waals surface area (Å²) in [6.45, 7) is 63.3. The second-order valence-corrected chi connectivity index (χ2v) is 34.2. The van der Waals surface area contributed by atoms with Crippen LogP contribution in [0.5, 0.6) is 0 Å². The molecule has 7 aromatic rings. The van der Waals surface area contributed by atoms with E-state index in [0.717, 1.165) is 152 Å². The van der Waals surface area contributed by atoms with Crippen LogP contribution in [0.4, 0.5) is 40.7 Å². The molecular formula is C93H145N17O2. The van der Waals surface area contributed by atoms with Crippen LogP contribution >= 0.6 is 0 Å². The third-order valence-corrected chi connectivity index (χ3v) is 23.0. The van der Waals surface area contributed by atoms with Crippen molar-refractivity contribution in [1.29, 1.82) is 0 Å². The molecular weight excluding hydrogens is 1390 g/mol. The van der Waals surface area contributed by atoms with Crippen molar-refractivity contribution in [1.82, 2.24) is 50.0 Å². The van der Waals surface area contributed by atoms with Gasteiger partial charge in [-0.15, -0.1) is 0 Å². The van der Waals surface area contributed by atoms with Gasteiger partial charge in [0, 0.05) is 174 Å². The molecule has 0 radical (unpaired) electrons. The van der Waals surface area contributed by atoms with Crippen LogP contribution in [0, 0.1) is 0 Å². The lowest BCUT2D eigenvalue weighted by Crippen LogP contribution is -2.50. The summed E-state index contributed by atoms with van der Waals surface area (Å²) in [6.07, 6.45) is 24.3. The van der Waals surface area contributed by atoms with Crippen molar-refractivity contribution < 1.29 is 9.47 Å². The number of hydrogen-bond acceptors (Lipinski definition) is 19. The van der Waals surface area contributed by atoms with E-state index in [2.05, 4.69) is 294 Å². The van der Waals surface area contributed by atoms with Crippen LogP contribution in [0.1, 0.15) is 250 Å². The standard InChI is InChI=1S/C15H23N3.C14H23N3.C14H22N2O.C13H20N2O.C13H20N2.C12H19N3.C12H18N2/c1-12(2)13-5-6-15(16-10-13)18-9-8-17-7-3-4-14(17)11-18;1-4-16-7-9-17(10-8-16)14-6-5-13(11-15-14)12(2)3;1-10(2)13-5-6-14(15-7-13)16-8-11(3)17-12(4)9-16;1-10(2)12-4-5-13(14-8-12)15-6-7-16-11(3)9-15;1-11(2)12-6-7-13(14-10-12)15-8-4-3-5-9-15;1-10(2)11-3-4-12(14-9-11)15-7-5-13-6-8-15;1-10(2)11-5-6-12(13-9-11)14-7-3-4-8-14/h5-6,10,12,14H,3-4,7-9,11H2,1-2H3;5-6,11-12H,4,7-10H2,1-3H3;5-7,10-12H,8-9H2,1-4H3;4-5,8,10-11H,6-7,9H2,1-3H3;6-7,10-11H,3-5,8-9H2,1-2H3;3-4,9-10,13H,5-8H2,1-2H3;5-6,9-10H,3-4,7-8H2,1-2H3/t;;11-,12+;11-;;;/m...1.../s1. The first-order valence-corrected chi connectivity index (χ1v) is 43.4. The molecule has 8 saturated heterocycles. The predicted molar refractivity (Wildman–Crippen MR) is 472 cm³/mol. The highest BCUT2D eigenvalue weighted by Gasteiger charge is 2.31. The van der Waals surface area contributed by atoms with E-state index in [-0.39, 0.29) is 12.2 Å². The summed E-state index contributed by atoms with van der Waals surface area (Å²) in [4.78, 5) is 53.6. The number of hydrogen-bond donors (Lipinski definition) is 1. The molecule has 8 aliphatic heterocycles. The highest BCUT2D eigenvalue weighted by atomic mass is 16.5. The van der Waals surface area contributed by atoms with Gasteiger partial charge < -0.3 is 54.0 Å². The van der Waals surface area contributed by atoms with Gasteiger partial charge in [-0.3, -0.25) is 4.90 Å². The molecule has 8 aliphatic rings. The molecule has 19 heteroatoms. The maximum atomic E-state index is 5.73. The molecule has 15 rings (SSSR count). The Bertz CT molecular complexity index is 3610. The fourth-order valence-electron chi connectivity index (χ4n) is 15.3. The topological polar surface area (TPSA) is 150 Å². The first-order valence-electron chi connectivity index (χ1n) is 43.4. The van der Waals surface area contributed by atoms with Gasteiger partial charge in [-0.05, 0) is 202 Å². The van der Waals surface area contributed by atoms with E-state index in [9.17, 15) is 0 Å². The second kappa shape index (κ2) is 45.5. The Kier molecular flexibility index (Phi) is 35.9. The number of rotatable bonds is 15. The van der Waals surface area contributed by atoms with Gasteiger partial charge in [0.25, 0.3) is 0 Å². The number of morpholine rings is 2. The number of aromatic nitrogens is 7. The molecule has 0 saturated carbocycles. The Hall–Kier alpha value is -7.55. The fourth-order valence-corrected chi connectivity index (χ4v) is 15.3. The number of likely N-dealkylation sites (N-methyl/N-ethyl adjacent to an activating group) is 1. The van der Waals surface area contributed by atoms with Crippen LogP contribution in [-0.2, 0) is 9.47 Å². The molecule has 614 valence electrons. The Balaban J connectivity index is 0.000000150. The van der Waals surface area contributed by atoms with E-state index in [1.165, 1.54) is 123 Å². The number of nitrogens with zero attached hydrogens (tertiary/aromatic N) is 16. The van der Waals surface area contributed by atoms with Crippen molar-refractivity contribution in [3.05, 3.63) is 167 Å². The van der Waals surface area contributed by atoms with Gasteiger partial charge in [-0.2, -0.15) is 0 Å². The lowest BCUT2D eigenvalue weighted by atomic mass is 10.1. The van der Waals surface area contributed by atoms with Gasteiger partial charge in [0.15, 0.2) is 0 Å². The van der Waals surface area contributed by atoms with Crippen molar-refractivity contribution in [2.24, 2.45) is 0 Å². The van der Waals surface area contributed by atoms with Gasteiger partial charge >= 0.3 is 0 Å². The normalized spacial score (nSPS) is 20.2. The minimum Gasteiger partial charge on any atom is -0.375 e. The van der Waals surface area contributed by atoms with Crippen molar-refractivity contribution >= 4 is 40.7 Å². The van der Waals surface area contributed by atoms with Crippen LogP contribution in [0.3, 0.4) is 0 Å². The summed E-state index contributed by atoms with van der Waals surface area (Å²) in [7, 11) is 0. The maximum Gasteiger partial charge on any atom is 0.128 e. The largest absolute Gasteiger partial charge is 0.375 e. The quantitative estimate of drug-likeness (QED) is 0.104. The van der Waals surface area contributed by atoms with Gasteiger partial charge in [0.2, 0.25) is 0 Å². The van der Waals surface area contributed by atoms with E-state index >= 15 is 0 Å². The number of piperazine rings is 3. The third-order valence-electron chi connectivity index (χ3n) is 23.0. The molecule has 0 aromatic carbocycles. The molecule has 0 amide bonds. The Morgan fingerprint density at radius 3 is 0.946 bits per heavy atom. The molecule has 0 bridgehead atoms. The van der Waals surface area contributed by atoms with E-state index in [1.807, 2.05) is 43.4 Å². The molecule has 112 heavy (non-hydrogen) atoms. The summed E-state index contributed by atoms with van der Waals surface area (Å²) < 4.78 is 11.3. The summed E-state index contributed by atoms with van der Waals surface area (Å²) >= 11 is 0.